The van der Waals surface area contributed by atoms with E-state index in [-0.39, 0.29) is 5.41 Å². The van der Waals surface area contributed by atoms with E-state index in [4.69, 9.17) is 0 Å². The summed E-state index contributed by atoms with van der Waals surface area (Å²) in [6.07, 6.45) is 16.1. The molecule has 2 heterocycles. The second kappa shape index (κ2) is 15.3. The van der Waals surface area contributed by atoms with Crippen molar-refractivity contribution < 1.29 is 0 Å². The van der Waals surface area contributed by atoms with Gasteiger partial charge in [-0.15, -0.1) is 11.3 Å². The molecule has 9 rings (SSSR count). The molecular formula is C54H47NS. The van der Waals surface area contributed by atoms with Crippen LogP contribution >= 0.6 is 11.3 Å². The van der Waals surface area contributed by atoms with Gasteiger partial charge in [-0.25, -0.2) is 0 Å². The van der Waals surface area contributed by atoms with Gasteiger partial charge in [-0.05, 0) is 118 Å². The normalized spacial score (nSPS) is 14.3. The van der Waals surface area contributed by atoms with Crippen LogP contribution in [0.4, 0.5) is 0 Å². The van der Waals surface area contributed by atoms with Gasteiger partial charge in [0, 0.05) is 27.9 Å². The van der Waals surface area contributed by atoms with Gasteiger partial charge in [0.25, 0.3) is 0 Å². The maximum absolute atomic E-state index is 2.58. The number of benzene rings is 5. The van der Waals surface area contributed by atoms with Crippen molar-refractivity contribution in [3.05, 3.63) is 219 Å². The number of fused-ring (bicyclic) bond motifs is 3. The number of nitrogens with zero attached hydrogens (tertiary/aromatic N) is 1. The maximum atomic E-state index is 2.58. The first-order valence-electron chi connectivity index (χ1n) is 19.9. The van der Waals surface area contributed by atoms with E-state index >= 15 is 0 Å². The summed E-state index contributed by atoms with van der Waals surface area (Å²) in [5.41, 5.74) is 19.8. The fraction of sp³-hybridized carbons (Fsp3) is 0.148. The number of aryl methyl sites for hydroxylation is 1. The van der Waals surface area contributed by atoms with Crippen LogP contribution in [0.2, 0.25) is 0 Å². The summed E-state index contributed by atoms with van der Waals surface area (Å²) in [7, 11) is 0. The quantitative estimate of drug-likeness (QED) is 0.130. The minimum atomic E-state index is -0.187. The van der Waals surface area contributed by atoms with E-state index < -0.39 is 0 Å². The van der Waals surface area contributed by atoms with Crippen LogP contribution in [0.3, 0.4) is 0 Å². The van der Waals surface area contributed by atoms with Gasteiger partial charge in [0.2, 0.25) is 0 Å². The fourth-order valence-electron chi connectivity index (χ4n) is 8.46. The summed E-state index contributed by atoms with van der Waals surface area (Å²) in [6, 6.07) is 53.1. The molecule has 2 aliphatic carbocycles. The molecule has 2 aliphatic rings. The standard InChI is InChI=1S/C54H47NS/c1-38-16-21-43(22-17-38)45-28-32-51-49(35-45)50-36-46(29-33-52(50)55(51)53-15-10-34-56-53)44-26-30-48(31-27-44)54(2,3)37-47(41-13-8-5-9-14-41)25-20-39-18-23-42(24-19-39)40-11-6-4-7-12-40/h4-27,30-31,34-37H,28-29,32-33H2,1-3H3/b25-20-,47-37+. The van der Waals surface area contributed by atoms with Crippen molar-refractivity contribution in [1.82, 2.24) is 4.57 Å². The van der Waals surface area contributed by atoms with Crippen LogP contribution < -0.4 is 0 Å². The van der Waals surface area contributed by atoms with Crippen molar-refractivity contribution >= 4 is 46.3 Å². The molecule has 0 aliphatic heterocycles. The van der Waals surface area contributed by atoms with Gasteiger partial charge in [0.15, 0.2) is 0 Å². The molecule has 7 aromatic rings. The highest BCUT2D eigenvalue weighted by atomic mass is 32.1. The minimum Gasteiger partial charge on any atom is -0.308 e. The topological polar surface area (TPSA) is 4.93 Å². The first-order chi connectivity index (χ1) is 27.4. The Bertz CT molecular complexity index is 2590. The van der Waals surface area contributed by atoms with Gasteiger partial charge in [0.05, 0.1) is 5.00 Å². The maximum Gasteiger partial charge on any atom is 0.0994 e. The number of rotatable bonds is 9. The minimum absolute atomic E-state index is 0.187. The lowest BCUT2D eigenvalue weighted by atomic mass is 9.80. The molecule has 0 spiro atoms. The Labute approximate surface area is 336 Å². The van der Waals surface area contributed by atoms with Crippen LogP contribution in [0.1, 0.15) is 82.6 Å². The van der Waals surface area contributed by atoms with Gasteiger partial charge in [-0.3, -0.25) is 0 Å². The van der Waals surface area contributed by atoms with Crippen molar-refractivity contribution in [2.75, 3.05) is 0 Å². The Hall–Kier alpha value is -5.96. The smallest absolute Gasteiger partial charge is 0.0994 e. The van der Waals surface area contributed by atoms with Crippen LogP contribution in [-0.2, 0) is 18.3 Å². The summed E-state index contributed by atoms with van der Waals surface area (Å²) in [6.45, 7) is 6.83. The third-order valence-corrected chi connectivity index (χ3v) is 12.4. The molecule has 5 aromatic carbocycles. The van der Waals surface area contributed by atoms with E-state index in [2.05, 4.69) is 207 Å². The van der Waals surface area contributed by atoms with Gasteiger partial charge in [0.1, 0.15) is 0 Å². The number of hydrogen-bond donors (Lipinski definition) is 0. The molecule has 0 amide bonds. The SMILES string of the molecule is Cc1ccc(C2=Cc3c4c(n(-c5cccs5)c3CC2)CCC(c2ccc(C(C)(C)/C=C(\C=C/c3ccc(-c5ccccc5)cc3)c3ccccc3)cc2)=C4)cc1. The molecule has 2 heteroatoms. The van der Waals surface area contributed by atoms with E-state index in [0.29, 0.717) is 0 Å². The molecule has 274 valence electrons. The average molecular weight is 742 g/mol. The van der Waals surface area contributed by atoms with E-state index in [1.807, 2.05) is 11.3 Å². The summed E-state index contributed by atoms with van der Waals surface area (Å²) >= 11 is 1.84. The van der Waals surface area contributed by atoms with Crippen molar-refractivity contribution in [3.63, 3.8) is 0 Å². The first-order valence-corrected chi connectivity index (χ1v) is 20.8. The zero-order chi connectivity index (χ0) is 38.1. The van der Waals surface area contributed by atoms with Crippen LogP contribution in [0, 0.1) is 6.92 Å². The van der Waals surface area contributed by atoms with E-state index in [0.717, 1.165) is 25.7 Å². The van der Waals surface area contributed by atoms with Gasteiger partial charge in [-0.1, -0.05) is 171 Å². The molecule has 0 N–H and O–H groups in total. The van der Waals surface area contributed by atoms with E-state index in [1.54, 1.807) is 0 Å². The highest BCUT2D eigenvalue weighted by molar-refractivity contribution is 7.12. The lowest BCUT2D eigenvalue weighted by molar-refractivity contribution is 0.672. The lowest BCUT2D eigenvalue weighted by Gasteiger charge is -2.24. The molecule has 1 nitrogen and oxygen atoms in total. The molecule has 0 bridgehead atoms. The number of aromatic nitrogens is 1. The zero-order valence-electron chi connectivity index (χ0n) is 32.5. The fourth-order valence-corrected chi connectivity index (χ4v) is 9.24. The Morgan fingerprint density at radius 1 is 0.571 bits per heavy atom. The highest BCUT2D eigenvalue weighted by Crippen LogP contribution is 2.43. The lowest BCUT2D eigenvalue weighted by Crippen LogP contribution is -2.14. The highest BCUT2D eigenvalue weighted by Gasteiger charge is 2.28. The number of thiophene rings is 1. The second-order valence-corrected chi connectivity index (χ2v) is 16.7. The van der Waals surface area contributed by atoms with Gasteiger partial charge >= 0.3 is 0 Å². The van der Waals surface area contributed by atoms with E-state index in [9.17, 15) is 0 Å². The van der Waals surface area contributed by atoms with Crippen molar-refractivity contribution in [2.45, 2.75) is 51.9 Å². The summed E-state index contributed by atoms with van der Waals surface area (Å²) in [4.78, 5) is 0. The Morgan fingerprint density at radius 2 is 1.12 bits per heavy atom. The van der Waals surface area contributed by atoms with Gasteiger partial charge in [-0.2, -0.15) is 0 Å². The zero-order valence-corrected chi connectivity index (χ0v) is 33.3. The Kier molecular flexibility index (Phi) is 9.75. The number of hydrogen-bond acceptors (Lipinski definition) is 1. The van der Waals surface area contributed by atoms with Crippen LogP contribution in [-0.4, -0.2) is 4.57 Å². The van der Waals surface area contributed by atoms with Crippen LogP contribution in [0.5, 0.6) is 0 Å². The van der Waals surface area contributed by atoms with Crippen molar-refractivity contribution in [3.8, 4) is 16.1 Å². The summed E-state index contributed by atoms with van der Waals surface area (Å²) in [5.74, 6) is 0. The number of allylic oxidation sites excluding steroid dienone is 5. The summed E-state index contributed by atoms with van der Waals surface area (Å²) in [5, 5.41) is 3.54. The third kappa shape index (κ3) is 7.26. The molecule has 0 saturated heterocycles. The first kappa shape index (κ1) is 35.7. The molecule has 0 unspecified atom stereocenters. The van der Waals surface area contributed by atoms with E-state index in [1.165, 1.54) is 88.7 Å². The third-order valence-electron chi connectivity index (χ3n) is 11.6. The van der Waals surface area contributed by atoms with Crippen molar-refractivity contribution in [2.24, 2.45) is 0 Å². The predicted molar refractivity (Wildman–Crippen MR) is 242 cm³/mol. The Morgan fingerprint density at radius 3 is 1.71 bits per heavy atom. The van der Waals surface area contributed by atoms with Crippen molar-refractivity contribution in [1.29, 1.82) is 0 Å². The Balaban J connectivity index is 1.02. The average Bonchev–Trinajstić information content (AvgIpc) is 3.89. The summed E-state index contributed by atoms with van der Waals surface area (Å²) < 4.78 is 2.58. The molecule has 0 saturated carbocycles. The van der Waals surface area contributed by atoms with Gasteiger partial charge < -0.3 is 4.57 Å². The molecule has 56 heavy (non-hydrogen) atoms. The molecule has 0 atom stereocenters. The molecule has 0 fully saturated rings. The van der Waals surface area contributed by atoms with Crippen LogP contribution in [0.15, 0.2) is 163 Å². The predicted octanol–water partition coefficient (Wildman–Crippen LogP) is 14.6. The van der Waals surface area contributed by atoms with Crippen LogP contribution in [0.25, 0.3) is 51.1 Å². The largest absolute Gasteiger partial charge is 0.308 e. The molecule has 0 radical (unpaired) electrons. The monoisotopic (exact) mass is 741 g/mol. The molecule has 2 aromatic heterocycles. The molecular weight excluding hydrogens is 695 g/mol. The second-order valence-electron chi connectivity index (χ2n) is 15.8.